The standard InChI is InChI=1S/C22H28N4O4S/c1-14-24-21(26(2)12-19(27)23-9-6-10-28-3)20-16(13-31-22(20)25-14)15-7-8-17(29-4)18(11-15)30-5/h7-8,11,13H,6,9-10,12H2,1-5H3,(H,23,27). The van der Waals surface area contributed by atoms with Crippen molar-refractivity contribution in [1.29, 1.82) is 0 Å². The zero-order valence-corrected chi connectivity index (χ0v) is 19.3. The fraction of sp³-hybridized carbons (Fsp3) is 0.409. The number of carbonyl (C=O) groups is 1. The third-order valence-electron chi connectivity index (χ3n) is 4.81. The van der Waals surface area contributed by atoms with Gasteiger partial charge in [-0.3, -0.25) is 4.79 Å². The molecule has 0 aliphatic carbocycles. The van der Waals surface area contributed by atoms with Crippen molar-refractivity contribution in [1.82, 2.24) is 15.3 Å². The molecule has 0 aliphatic rings. The third-order valence-corrected chi connectivity index (χ3v) is 5.68. The van der Waals surface area contributed by atoms with Gasteiger partial charge in [0.05, 0.1) is 26.2 Å². The summed E-state index contributed by atoms with van der Waals surface area (Å²) in [5.41, 5.74) is 1.96. The predicted molar refractivity (Wildman–Crippen MR) is 123 cm³/mol. The first-order valence-electron chi connectivity index (χ1n) is 9.93. The van der Waals surface area contributed by atoms with Gasteiger partial charge < -0.3 is 24.4 Å². The van der Waals surface area contributed by atoms with Gasteiger partial charge >= 0.3 is 0 Å². The van der Waals surface area contributed by atoms with Crippen molar-refractivity contribution in [2.75, 3.05) is 53.0 Å². The molecule has 1 N–H and O–H groups in total. The quantitative estimate of drug-likeness (QED) is 0.480. The number of aryl methyl sites for hydroxylation is 1. The molecule has 0 atom stereocenters. The van der Waals surface area contributed by atoms with Gasteiger partial charge in [-0.25, -0.2) is 9.97 Å². The van der Waals surface area contributed by atoms with E-state index in [4.69, 9.17) is 14.2 Å². The van der Waals surface area contributed by atoms with E-state index >= 15 is 0 Å². The van der Waals surface area contributed by atoms with Crippen LogP contribution in [0.2, 0.25) is 0 Å². The molecule has 0 fully saturated rings. The molecule has 2 heterocycles. The second-order valence-electron chi connectivity index (χ2n) is 7.05. The zero-order chi connectivity index (χ0) is 22.4. The van der Waals surface area contributed by atoms with Gasteiger partial charge in [0.25, 0.3) is 0 Å². The Kier molecular flexibility index (Phi) is 7.64. The Morgan fingerprint density at radius 1 is 1.16 bits per heavy atom. The van der Waals surface area contributed by atoms with Gasteiger partial charge in [0.1, 0.15) is 16.5 Å². The van der Waals surface area contributed by atoms with Gasteiger partial charge in [-0.15, -0.1) is 11.3 Å². The van der Waals surface area contributed by atoms with Crippen molar-refractivity contribution in [3.05, 3.63) is 29.4 Å². The van der Waals surface area contributed by atoms with E-state index < -0.39 is 0 Å². The number of aromatic nitrogens is 2. The van der Waals surface area contributed by atoms with Crippen molar-refractivity contribution in [2.24, 2.45) is 0 Å². The number of thiophene rings is 1. The maximum atomic E-state index is 12.4. The van der Waals surface area contributed by atoms with Crippen LogP contribution in [0.1, 0.15) is 12.2 Å². The molecule has 8 nitrogen and oxygen atoms in total. The van der Waals surface area contributed by atoms with Crippen LogP contribution in [0.4, 0.5) is 5.82 Å². The van der Waals surface area contributed by atoms with Crippen LogP contribution in [0.3, 0.4) is 0 Å². The Hall–Kier alpha value is -2.91. The van der Waals surface area contributed by atoms with E-state index in [2.05, 4.69) is 20.7 Å². The number of likely N-dealkylation sites (N-methyl/N-ethyl adjacent to an activating group) is 1. The summed E-state index contributed by atoms with van der Waals surface area (Å²) in [5, 5.41) is 5.89. The summed E-state index contributed by atoms with van der Waals surface area (Å²) in [5.74, 6) is 2.64. The molecule has 0 radical (unpaired) electrons. The lowest BCUT2D eigenvalue weighted by atomic mass is 10.0. The largest absolute Gasteiger partial charge is 0.493 e. The zero-order valence-electron chi connectivity index (χ0n) is 18.5. The molecule has 166 valence electrons. The number of carbonyl (C=O) groups excluding carboxylic acids is 1. The minimum atomic E-state index is -0.0640. The molecule has 1 aromatic carbocycles. The summed E-state index contributed by atoms with van der Waals surface area (Å²) in [6.07, 6.45) is 0.775. The van der Waals surface area contributed by atoms with Gasteiger partial charge in [0, 0.05) is 38.3 Å². The van der Waals surface area contributed by atoms with Gasteiger partial charge in [-0.2, -0.15) is 0 Å². The number of fused-ring (bicyclic) bond motifs is 1. The second-order valence-corrected chi connectivity index (χ2v) is 7.90. The maximum Gasteiger partial charge on any atom is 0.239 e. The fourth-order valence-electron chi connectivity index (χ4n) is 3.31. The second kappa shape index (κ2) is 10.4. The lowest BCUT2D eigenvalue weighted by Crippen LogP contribution is -2.36. The lowest BCUT2D eigenvalue weighted by Gasteiger charge is -2.20. The van der Waals surface area contributed by atoms with E-state index in [-0.39, 0.29) is 12.5 Å². The number of hydrogen-bond donors (Lipinski definition) is 1. The summed E-state index contributed by atoms with van der Waals surface area (Å²) in [7, 11) is 6.74. The van der Waals surface area contributed by atoms with E-state index in [0.29, 0.717) is 30.5 Å². The molecule has 9 heteroatoms. The summed E-state index contributed by atoms with van der Waals surface area (Å²) < 4.78 is 15.8. The lowest BCUT2D eigenvalue weighted by molar-refractivity contribution is -0.119. The molecule has 3 aromatic rings. The predicted octanol–water partition coefficient (Wildman–Crippen LogP) is 3.27. The van der Waals surface area contributed by atoms with Crippen molar-refractivity contribution in [3.63, 3.8) is 0 Å². The third kappa shape index (κ3) is 5.23. The number of nitrogens with zero attached hydrogens (tertiary/aromatic N) is 3. The van der Waals surface area contributed by atoms with E-state index in [1.54, 1.807) is 32.7 Å². The van der Waals surface area contributed by atoms with Crippen LogP contribution in [0.5, 0.6) is 11.5 Å². The molecule has 0 spiro atoms. The van der Waals surface area contributed by atoms with Crippen LogP contribution in [-0.4, -0.2) is 63.9 Å². The molecule has 0 unspecified atom stereocenters. The van der Waals surface area contributed by atoms with E-state index in [1.165, 1.54) is 0 Å². The first-order valence-corrected chi connectivity index (χ1v) is 10.8. The van der Waals surface area contributed by atoms with Crippen LogP contribution < -0.4 is 19.7 Å². The minimum absolute atomic E-state index is 0.0640. The average Bonchev–Trinajstić information content (AvgIpc) is 3.19. The normalized spacial score (nSPS) is 10.9. The first kappa shape index (κ1) is 22.8. The summed E-state index contributed by atoms with van der Waals surface area (Å²) in [6, 6.07) is 5.80. The molecule has 0 saturated heterocycles. The molecule has 0 aliphatic heterocycles. The summed E-state index contributed by atoms with van der Waals surface area (Å²) in [6.45, 7) is 3.25. The summed E-state index contributed by atoms with van der Waals surface area (Å²) >= 11 is 1.55. The van der Waals surface area contributed by atoms with Gasteiger partial charge in [0.15, 0.2) is 11.5 Å². The number of nitrogens with one attached hydrogen (secondary N) is 1. The van der Waals surface area contributed by atoms with Crippen LogP contribution in [0.25, 0.3) is 21.3 Å². The Bertz CT molecular complexity index is 1050. The number of methoxy groups -OCH3 is 3. The van der Waals surface area contributed by atoms with Crippen LogP contribution in [0, 0.1) is 6.92 Å². The molecular weight excluding hydrogens is 416 g/mol. The number of anilines is 1. The Balaban J connectivity index is 1.94. The highest BCUT2D eigenvalue weighted by atomic mass is 32.1. The van der Waals surface area contributed by atoms with E-state index in [0.717, 1.165) is 33.6 Å². The summed E-state index contributed by atoms with van der Waals surface area (Å²) in [4.78, 5) is 24.4. The van der Waals surface area contributed by atoms with Crippen LogP contribution >= 0.6 is 11.3 Å². The monoisotopic (exact) mass is 444 g/mol. The Labute approximate surface area is 186 Å². The van der Waals surface area contributed by atoms with Gasteiger partial charge in [0.2, 0.25) is 5.91 Å². The average molecular weight is 445 g/mol. The Morgan fingerprint density at radius 3 is 2.65 bits per heavy atom. The topological polar surface area (TPSA) is 85.8 Å². The first-order chi connectivity index (χ1) is 15.0. The molecule has 0 bridgehead atoms. The highest BCUT2D eigenvalue weighted by Gasteiger charge is 2.19. The molecule has 1 amide bonds. The van der Waals surface area contributed by atoms with Gasteiger partial charge in [-0.05, 0) is 31.0 Å². The number of rotatable bonds is 10. The van der Waals surface area contributed by atoms with E-state index in [1.807, 2.05) is 37.1 Å². The number of amides is 1. The molecule has 0 saturated carbocycles. The fourth-order valence-corrected chi connectivity index (χ4v) is 4.30. The number of ether oxygens (including phenoxy) is 3. The van der Waals surface area contributed by atoms with Crippen molar-refractivity contribution < 1.29 is 19.0 Å². The van der Waals surface area contributed by atoms with E-state index in [9.17, 15) is 4.79 Å². The smallest absolute Gasteiger partial charge is 0.239 e. The number of benzene rings is 1. The van der Waals surface area contributed by atoms with Crippen molar-refractivity contribution in [3.8, 4) is 22.6 Å². The molecule has 31 heavy (non-hydrogen) atoms. The van der Waals surface area contributed by atoms with Crippen LogP contribution in [-0.2, 0) is 9.53 Å². The van der Waals surface area contributed by atoms with Crippen molar-refractivity contribution in [2.45, 2.75) is 13.3 Å². The minimum Gasteiger partial charge on any atom is -0.493 e. The highest BCUT2D eigenvalue weighted by molar-refractivity contribution is 7.17. The Morgan fingerprint density at radius 2 is 1.94 bits per heavy atom. The molecular formula is C22H28N4O4S. The molecule has 2 aromatic heterocycles. The highest BCUT2D eigenvalue weighted by Crippen LogP contribution is 2.40. The van der Waals surface area contributed by atoms with Crippen molar-refractivity contribution >= 4 is 33.3 Å². The maximum absolute atomic E-state index is 12.4. The SMILES string of the molecule is COCCCNC(=O)CN(C)c1nc(C)nc2scc(-c3ccc(OC)c(OC)c3)c12. The van der Waals surface area contributed by atoms with Gasteiger partial charge in [-0.1, -0.05) is 6.07 Å². The molecule has 3 rings (SSSR count). The number of hydrogen-bond acceptors (Lipinski definition) is 8. The van der Waals surface area contributed by atoms with Crippen LogP contribution in [0.15, 0.2) is 23.6 Å².